The minimum atomic E-state index is -0.951. The molecule has 13 heteroatoms. The number of nitrogens with one attached hydrogen (secondary N) is 2. The molecular weight excluding hydrogens is 556 g/mol. The highest BCUT2D eigenvalue weighted by Crippen LogP contribution is 2.32. The Labute approximate surface area is 247 Å². The van der Waals surface area contributed by atoms with Crippen molar-refractivity contribution in [2.24, 2.45) is 0 Å². The van der Waals surface area contributed by atoms with E-state index in [1.165, 1.54) is 41.3 Å². The van der Waals surface area contributed by atoms with Gasteiger partial charge in [-0.2, -0.15) is 5.10 Å². The average Bonchev–Trinajstić information content (AvgIpc) is 3.44. The first-order chi connectivity index (χ1) is 20.7. The summed E-state index contributed by atoms with van der Waals surface area (Å²) in [4.78, 5) is 56.8. The molecule has 4 aromatic rings. The first-order valence-corrected chi connectivity index (χ1v) is 13.6. The summed E-state index contributed by atoms with van der Waals surface area (Å²) in [5.74, 6) is -1.18. The molecule has 0 fully saturated rings. The van der Waals surface area contributed by atoms with Gasteiger partial charge in [0.2, 0.25) is 6.79 Å². The quantitative estimate of drug-likeness (QED) is 0.175. The topological polar surface area (TPSA) is 164 Å². The Kier molecular flexibility index (Phi) is 9.89. The van der Waals surface area contributed by atoms with Gasteiger partial charge >= 0.3 is 12.1 Å². The van der Waals surface area contributed by atoms with Crippen LogP contribution in [-0.4, -0.2) is 63.5 Å². The van der Waals surface area contributed by atoms with Gasteiger partial charge < -0.3 is 25.2 Å². The van der Waals surface area contributed by atoms with Crippen LogP contribution in [0.2, 0.25) is 0 Å². The monoisotopic (exact) mass is 588 g/mol. The maximum atomic E-state index is 13.6. The lowest BCUT2D eigenvalue weighted by molar-refractivity contribution is -0.150. The molecule has 0 bridgehead atoms. The molecule has 0 spiro atoms. The van der Waals surface area contributed by atoms with Gasteiger partial charge in [0, 0.05) is 24.8 Å². The van der Waals surface area contributed by atoms with Gasteiger partial charge in [0.1, 0.15) is 17.6 Å². The van der Waals surface area contributed by atoms with Crippen LogP contribution in [0.15, 0.2) is 61.1 Å². The molecule has 3 amide bonds. The molecule has 2 aromatic heterocycles. The standard InChI is InChI=1S/C30H32N6O7/c1-4-12-32-28(39)21-9-6-19(3)24(14-21)36(27-25-15-22(29(40)31-5-2)16-35(25)34-17-33-27)30(41)43-18-42-26(38)13-20-7-10-23(37)11-8-20/h6-11,14-17,37H,4-5,12-13,18H2,1-3H3,(H,31,40)(H,32,39). The third-order valence-electron chi connectivity index (χ3n) is 6.31. The van der Waals surface area contributed by atoms with Crippen molar-refractivity contribution >= 4 is 40.9 Å². The molecule has 224 valence electrons. The highest BCUT2D eigenvalue weighted by Gasteiger charge is 2.27. The number of hydrogen-bond acceptors (Lipinski definition) is 9. The number of nitrogens with zero attached hydrogens (tertiary/aromatic N) is 4. The van der Waals surface area contributed by atoms with Crippen LogP contribution < -0.4 is 15.5 Å². The Hall–Kier alpha value is -5.46. The summed E-state index contributed by atoms with van der Waals surface area (Å²) in [5, 5.41) is 19.1. The summed E-state index contributed by atoms with van der Waals surface area (Å²) in [6.45, 7) is 5.66. The lowest BCUT2D eigenvalue weighted by Crippen LogP contribution is -2.31. The Bertz CT molecular complexity index is 1630. The molecule has 0 saturated heterocycles. The van der Waals surface area contributed by atoms with Crippen LogP contribution in [0.1, 0.15) is 52.1 Å². The van der Waals surface area contributed by atoms with E-state index < -0.39 is 18.9 Å². The molecule has 3 N–H and O–H groups in total. The van der Waals surface area contributed by atoms with Crippen molar-refractivity contribution in [2.45, 2.75) is 33.6 Å². The molecule has 0 unspecified atom stereocenters. The van der Waals surface area contributed by atoms with E-state index in [0.29, 0.717) is 40.9 Å². The van der Waals surface area contributed by atoms with Crippen molar-refractivity contribution in [3.05, 3.63) is 83.3 Å². The second-order valence-electron chi connectivity index (χ2n) is 9.48. The van der Waals surface area contributed by atoms with Crippen molar-refractivity contribution in [2.75, 3.05) is 24.8 Å². The number of aryl methyl sites for hydroxylation is 1. The van der Waals surface area contributed by atoms with Crippen LogP contribution in [-0.2, 0) is 20.7 Å². The molecule has 0 atom stereocenters. The first-order valence-electron chi connectivity index (χ1n) is 13.6. The van der Waals surface area contributed by atoms with E-state index in [1.54, 1.807) is 38.1 Å². The van der Waals surface area contributed by atoms with E-state index in [2.05, 4.69) is 20.7 Å². The zero-order chi connectivity index (χ0) is 30.9. The van der Waals surface area contributed by atoms with E-state index in [-0.39, 0.29) is 35.5 Å². The Morgan fingerprint density at radius 1 is 0.953 bits per heavy atom. The van der Waals surface area contributed by atoms with Gasteiger partial charge in [0.25, 0.3) is 11.8 Å². The maximum Gasteiger partial charge on any atom is 0.423 e. The van der Waals surface area contributed by atoms with Crippen molar-refractivity contribution in [3.8, 4) is 5.75 Å². The number of anilines is 2. The predicted octanol–water partition coefficient (Wildman–Crippen LogP) is 3.65. The van der Waals surface area contributed by atoms with Crippen LogP contribution in [0.3, 0.4) is 0 Å². The second-order valence-corrected chi connectivity index (χ2v) is 9.48. The summed E-state index contributed by atoms with van der Waals surface area (Å²) in [6, 6.07) is 12.4. The van der Waals surface area contributed by atoms with E-state index in [4.69, 9.17) is 9.47 Å². The van der Waals surface area contributed by atoms with Crippen molar-refractivity contribution in [1.82, 2.24) is 25.2 Å². The molecular formula is C30H32N6O7. The van der Waals surface area contributed by atoms with Gasteiger partial charge in [-0.05, 0) is 61.7 Å². The lowest BCUT2D eigenvalue weighted by Gasteiger charge is -2.24. The van der Waals surface area contributed by atoms with E-state index in [0.717, 1.165) is 11.3 Å². The summed E-state index contributed by atoms with van der Waals surface area (Å²) in [5.41, 5.74) is 2.40. The minimum Gasteiger partial charge on any atom is -0.508 e. The largest absolute Gasteiger partial charge is 0.508 e. The number of hydrogen-bond donors (Lipinski definition) is 3. The summed E-state index contributed by atoms with van der Waals surface area (Å²) in [6.07, 6.45) is 2.41. The fourth-order valence-electron chi connectivity index (χ4n) is 4.15. The highest BCUT2D eigenvalue weighted by atomic mass is 16.7. The Morgan fingerprint density at radius 3 is 2.42 bits per heavy atom. The summed E-state index contributed by atoms with van der Waals surface area (Å²) in [7, 11) is 0. The molecule has 2 aromatic carbocycles. The lowest BCUT2D eigenvalue weighted by atomic mass is 10.1. The van der Waals surface area contributed by atoms with Gasteiger partial charge in [-0.3, -0.25) is 14.4 Å². The van der Waals surface area contributed by atoms with Gasteiger partial charge in [-0.1, -0.05) is 25.1 Å². The molecule has 0 radical (unpaired) electrons. The first kappa shape index (κ1) is 30.5. The number of carbonyl (C=O) groups excluding carboxylic acids is 4. The van der Waals surface area contributed by atoms with Crippen LogP contribution in [0.4, 0.5) is 16.3 Å². The van der Waals surface area contributed by atoms with Gasteiger partial charge in [0.05, 0.1) is 17.7 Å². The number of esters is 1. The fraction of sp³-hybridized carbons (Fsp3) is 0.267. The molecule has 2 heterocycles. The number of ether oxygens (including phenoxy) is 2. The molecule has 13 nitrogen and oxygen atoms in total. The van der Waals surface area contributed by atoms with Crippen LogP contribution in [0.25, 0.3) is 5.52 Å². The van der Waals surface area contributed by atoms with Gasteiger partial charge in [-0.15, -0.1) is 0 Å². The number of amides is 3. The van der Waals surface area contributed by atoms with Crippen molar-refractivity contribution in [1.29, 1.82) is 0 Å². The van der Waals surface area contributed by atoms with Crippen LogP contribution in [0, 0.1) is 6.92 Å². The molecule has 0 aliphatic carbocycles. The fourth-order valence-corrected chi connectivity index (χ4v) is 4.15. The minimum absolute atomic E-state index is 0.0632. The van der Waals surface area contributed by atoms with Crippen LogP contribution >= 0.6 is 0 Å². The third-order valence-corrected chi connectivity index (χ3v) is 6.31. The number of aromatic hydroxyl groups is 1. The van der Waals surface area contributed by atoms with E-state index >= 15 is 0 Å². The number of fused-ring (bicyclic) bond motifs is 1. The number of phenolic OH excluding ortho intramolecular Hbond substituents is 1. The predicted molar refractivity (Wildman–Crippen MR) is 156 cm³/mol. The average molecular weight is 589 g/mol. The number of carbonyl (C=O) groups is 4. The number of phenols is 1. The SMILES string of the molecule is CCCNC(=O)c1ccc(C)c(N(C(=O)OCOC(=O)Cc2ccc(O)cc2)c2ncnn3cc(C(=O)NCC)cc23)c1. The number of aromatic nitrogens is 3. The van der Waals surface area contributed by atoms with Crippen molar-refractivity contribution in [3.63, 3.8) is 0 Å². The summed E-state index contributed by atoms with van der Waals surface area (Å²) >= 11 is 0. The molecule has 0 aliphatic rings. The second kappa shape index (κ2) is 13.9. The van der Waals surface area contributed by atoms with Gasteiger partial charge in [-0.25, -0.2) is 19.2 Å². The van der Waals surface area contributed by atoms with E-state index in [1.807, 2.05) is 6.92 Å². The number of rotatable bonds is 11. The number of benzene rings is 2. The summed E-state index contributed by atoms with van der Waals surface area (Å²) < 4.78 is 11.9. The molecule has 43 heavy (non-hydrogen) atoms. The normalized spacial score (nSPS) is 10.7. The van der Waals surface area contributed by atoms with Gasteiger partial charge in [0.15, 0.2) is 5.82 Å². The smallest absolute Gasteiger partial charge is 0.423 e. The van der Waals surface area contributed by atoms with Crippen LogP contribution in [0.5, 0.6) is 5.75 Å². The molecule has 4 rings (SSSR count). The Morgan fingerprint density at radius 2 is 1.70 bits per heavy atom. The van der Waals surface area contributed by atoms with Crippen molar-refractivity contribution < 1.29 is 33.8 Å². The Balaban J connectivity index is 1.66. The molecule has 0 saturated carbocycles. The third kappa shape index (κ3) is 7.44. The zero-order valence-electron chi connectivity index (χ0n) is 24.0. The zero-order valence-corrected chi connectivity index (χ0v) is 24.0. The maximum absolute atomic E-state index is 13.6. The highest BCUT2D eigenvalue weighted by molar-refractivity contribution is 6.03. The van der Waals surface area contributed by atoms with E-state index in [9.17, 15) is 24.3 Å². The molecule has 0 aliphatic heterocycles.